The number of carbonyl (C=O) groups excluding carboxylic acids is 1. The molecule has 1 fully saturated rings. The number of pyridine rings is 1. The summed E-state index contributed by atoms with van der Waals surface area (Å²) in [5, 5.41) is 14.9. The molecule has 6 heteroatoms. The van der Waals surface area contributed by atoms with Crippen LogP contribution in [-0.4, -0.2) is 35.1 Å². The van der Waals surface area contributed by atoms with Gasteiger partial charge in [0.2, 0.25) is 5.91 Å². The fraction of sp³-hybridized carbons (Fsp3) is 0.500. The Kier molecular flexibility index (Phi) is 4.04. The Balaban J connectivity index is 2.18. The molecule has 0 aromatic carbocycles. The highest BCUT2D eigenvalue weighted by molar-refractivity contribution is 5.97. The molecule has 1 aromatic rings. The Morgan fingerprint density at radius 3 is 2.75 bits per heavy atom. The van der Waals surface area contributed by atoms with Gasteiger partial charge in [-0.05, 0) is 24.9 Å². The van der Waals surface area contributed by atoms with E-state index in [-0.39, 0.29) is 17.4 Å². The first kappa shape index (κ1) is 14.5. The van der Waals surface area contributed by atoms with Crippen molar-refractivity contribution >= 4 is 17.6 Å². The third kappa shape index (κ3) is 2.65. The summed E-state index contributed by atoms with van der Waals surface area (Å²) in [6, 6.07) is 1.42. The van der Waals surface area contributed by atoms with E-state index in [0.717, 1.165) is 13.0 Å². The predicted octanol–water partition coefficient (Wildman–Crippen LogP) is 1.35. The number of aromatic nitrogens is 1. The zero-order valence-corrected chi connectivity index (χ0v) is 11.6. The van der Waals surface area contributed by atoms with Crippen LogP contribution in [0.25, 0.3) is 0 Å². The molecule has 0 radical (unpaired) electrons. The van der Waals surface area contributed by atoms with Crippen molar-refractivity contribution in [2.75, 3.05) is 18.4 Å². The van der Waals surface area contributed by atoms with Gasteiger partial charge in [0.15, 0.2) is 0 Å². The van der Waals surface area contributed by atoms with Crippen molar-refractivity contribution in [1.29, 1.82) is 0 Å². The zero-order valence-electron chi connectivity index (χ0n) is 11.6. The molecule has 1 amide bonds. The molecule has 2 heterocycles. The molecular weight excluding hydrogens is 258 g/mol. The molecule has 1 aromatic heterocycles. The van der Waals surface area contributed by atoms with E-state index in [1.807, 2.05) is 13.8 Å². The van der Waals surface area contributed by atoms with Gasteiger partial charge in [-0.25, -0.2) is 4.79 Å². The largest absolute Gasteiger partial charge is 0.478 e. The maximum atomic E-state index is 12.5. The fourth-order valence-electron chi connectivity index (χ4n) is 2.54. The monoisotopic (exact) mass is 277 g/mol. The molecule has 0 bridgehead atoms. The first-order valence-corrected chi connectivity index (χ1v) is 6.66. The van der Waals surface area contributed by atoms with Crippen molar-refractivity contribution in [1.82, 2.24) is 10.3 Å². The SMILES string of the molecule is CC(C)C1(C(=O)Nc2cncc(C(=O)O)c2)CCNC1. The van der Waals surface area contributed by atoms with Crippen LogP contribution in [-0.2, 0) is 4.79 Å². The summed E-state index contributed by atoms with van der Waals surface area (Å²) in [7, 11) is 0. The summed E-state index contributed by atoms with van der Waals surface area (Å²) in [5.74, 6) is -0.940. The van der Waals surface area contributed by atoms with Gasteiger partial charge in [-0.15, -0.1) is 0 Å². The normalized spacial score (nSPS) is 21.9. The number of anilines is 1. The molecule has 2 rings (SSSR count). The summed E-state index contributed by atoms with van der Waals surface area (Å²) < 4.78 is 0. The van der Waals surface area contributed by atoms with Crippen molar-refractivity contribution in [2.45, 2.75) is 20.3 Å². The number of rotatable bonds is 4. The Morgan fingerprint density at radius 1 is 1.45 bits per heavy atom. The van der Waals surface area contributed by atoms with Gasteiger partial charge < -0.3 is 15.7 Å². The summed E-state index contributed by atoms with van der Waals surface area (Å²) in [5.41, 5.74) is 0.0342. The minimum atomic E-state index is -1.06. The van der Waals surface area contributed by atoms with Crippen molar-refractivity contribution in [3.8, 4) is 0 Å². The molecule has 1 atom stereocenters. The van der Waals surface area contributed by atoms with Crippen molar-refractivity contribution in [3.63, 3.8) is 0 Å². The fourth-order valence-corrected chi connectivity index (χ4v) is 2.54. The van der Waals surface area contributed by atoms with Crippen LogP contribution in [0.2, 0.25) is 0 Å². The smallest absolute Gasteiger partial charge is 0.337 e. The van der Waals surface area contributed by atoms with Crippen molar-refractivity contribution in [2.24, 2.45) is 11.3 Å². The standard InChI is InChI=1S/C14H19N3O3/c1-9(2)14(3-4-15-8-14)13(20)17-11-5-10(12(18)19)6-16-7-11/h5-7,9,15H,3-4,8H2,1-2H3,(H,17,20)(H,18,19). The van der Waals surface area contributed by atoms with E-state index in [1.54, 1.807) is 0 Å². The van der Waals surface area contributed by atoms with Gasteiger partial charge in [0.25, 0.3) is 0 Å². The zero-order chi connectivity index (χ0) is 14.8. The molecule has 0 spiro atoms. The maximum absolute atomic E-state index is 12.5. The number of aromatic carboxylic acids is 1. The highest BCUT2D eigenvalue weighted by Crippen LogP contribution is 2.35. The Bertz CT molecular complexity index is 522. The number of carboxylic acid groups (broad SMARTS) is 1. The van der Waals surface area contributed by atoms with E-state index in [2.05, 4.69) is 15.6 Å². The lowest BCUT2D eigenvalue weighted by atomic mass is 9.75. The van der Waals surface area contributed by atoms with Gasteiger partial charge in [-0.1, -0.05) is 13.8 Å². The molecule has 3 N–H and O–H groups in total. The molecule has 1 saturated heterocycles. The van der Waals surface area contributed by atoms with Crippen LogP contribution in [0.3, 0.4) is 0 Å². The highest BCUT2D eigenvalue weighted by Gasteiger charge is 2.43. The summed E-state index contributed by atoms with van der Waals surface area (Å²) in [6.07, 6.45) is 3.50. The van der Waals surface area contributed by atoms with Crippen LogP contribution in [0.4, 0.5) is 5.69 Å². The van der Waals surface area contributed by atoms with Crippen LogP contribution >= 0.6 is 0 Å². The van der Waals surface area contributed by atoms with Crippen LogP contribution in [0.1, 0.15) is 30.6 Å². The van der Waals surface area contributed by atoms with Crippen LogP contribution in [0, 0.1) is 11.3 Å². The molecule has 108 valence electrons. The van der Waals surface area contributed by atoms with E-state index >= 15 is 0 Å². The van der Waals surface area contributed by atoms with E-state index in [1.165, 1.54) is 18.5 Å². The third-order valence-electron chi connectivity index (χ3n) is 3.99. The van der Waals surface area contributed by atoms with Gasteiger partial charge in [0.1, 0.15) is 0 Å². The lowest BCUT2D eigenvalue weighted by Gasteiger charge is -2.31. The number of nitrogens with zero attached hydrogens (tertiary/aromatic N) is 1. The van der Waals surface area contributed by atoms with Crippen molar-refractivity contribution < 1.29 is 14.7 Å². The lowest BCUT2D eigenvalue weighted by molar-refractivity contribution is -0.126. The number of hydrogen-bond donors (Lipinski definition) is 3. The van der Waals surface area contributed by atoms with Gasteiger partial charge in [-0.3, -0.25) is 9.78 Å². The second-order valence-corrected chi connectivity index (χ2v) is 5.46. The van der Waals surface area contributed by atoms with Crippen LogP contribution < -0.4 is 10.6 Å². The number of carboxylic acids is 1. The summed E-state index contributed by atoms with van der Waals surface area (Å²) in [4.78, 5) is 27.3. The second kappa shape index (κ2) is 5.58. The Labute approximate surface area is 117 Å². The van der Waals surface area contributed by atoms with Crippen LogP contribution in [0.5, 0.6) is 0 Å². The quantitative estimate of drug-likeness (QED) is 0.773. The van der Waals surface area contributed by atoms with Crippen molar-refractivity contribution in [3.05, 3.63) is 24.0 Å². The van der Waals surface area contributed by atoms with Crippen LogP contribution in [0.15, 0.2) is 18.5 Å². The number of nitrogens with one attached hydrogen (secondary N) is 2. The maximum Gasteiger partial charge on any atom is 0.337 e. The van der Waals surface area contributed by atoms with E-state index in [9.17, 15) is 9.59 Å². The molecule has 1 aliphatic rings. The molecule has 0 aliphatic carbocycles. The third-order valence-corrected chi connectivity index (χ3v) is 3.99. The number of amides is 1. The first-order valence-electron chi connectivity index (χ1n) is 6.66. The Hall–Kier alpha value is -1.95. The Morgan fingerprint density at radius 2 is 2.20 bits per heavy atom. The average Bonchev–Trinajstić information content (AvgIpc) is 2.89. The minimum Gasteiger partial charge on any atom is -0.478 e. The molecule has 20 heavy (non-hydrogen) atoms. The van der Waals surface area contributed by atoms with E-state index in [4.69, 9.17) is 5.11 Å². The summed E-state index contributed by atoms with van der Waals surface area (Å²) >= 11 is 0. The predicted molar refractivity (Wildman–Crippen MR) is 74.6 cm³/mol. The minimum absolute atomic E-state index is 0.0611. The average molecular weight is 277 g/mol. The molecule has 0 saturated carbocycles. The van der Waals surface area contributed by atoms with Gasteiger partial charge in [-0.2, -0.15) is 0 Å². The first-order chi connectivity index (χ1) is 9.45. The summed E-state index contributed by atoms with van der Waals surface area (Å²) in [6.45, 7) is 5.51. The van der Waals surface area contributed by atoms with Gasteiger partial charge in [0, 0.05) is 12.7 Å². The number of carbonyl (C=O) groups is 2. The lowest BCUT2D eigenvalue weighted by Crippen LogP contribution is -2.42. The highest BCUT2D eigenvalue weighted by atomic mass is 16.4. The topological polar surface area (TPSA) is 91.3 Å². The molecule has 6 nitrogen and oxygen atoms in total. The van der Waals surface area contributed by atoms with Gasteiger partial charge >= 0.3 is 5.97 Å². The van der Waals surface area contributed by atoms with E-state index in [0.29, 0.717) is 12.2 Å². The number of hydrogen-bond acceptors (Lipinski definition) is 4. The second-order valence-electron chi connectivity index (χ2n) is 5.46. The van der Waals surface area contributed by atoms with E-state index < -0.39 is 11.4 Å². The van der Waals surface area contributed by atoms with Gasteiger partial charge in [0.05, 0.1) is 22.9 Å². The molecular formula is C14H19N3O3. The molecule has 1 unspecified atom stereocenters. The molecule has 1 aliphatic heterocycles.